The lowest BCUT2D eigenvalue weighted by Crippen LogP contribution is -2.37. The molecule has 0 radical (unpaired) electrons. The smallest absolute Gasteiger partial charge is 0.228 e. The number of thiazole rings is 1. The molecule has 0 aliphatic carbocycles. The molecule has 1 amide bonds. The van der Waals surface area contributed by atoms with Gasteiger partial charge in [0.25, 0.3) is 0 Å². The number of rotatable bonds is 5. The molecule has 0 saturated carbocycles. The standard InChI is InChI=1S/C14H20N6OS/c1-19(2)14(21)5-13-18-11(8-22-13)6-15-10-3-4-12-16-9-17-20(12)7-10/h8-10,15H,3-7H2,1-2H3/t10-/m0/s1. The molecule has 3 rings (SSSR count). The Morgan fingerprint density at radius 3 is 3.23 bits per heavy atom. The fraction of sp³-hybridized carbons (Fsp3) is 0.571. The van der Waals surface area contributed by atoms with E-state index >= 15 is 0 Å². The Kier molecular flexibility index (Phi) is 4.49. The molecule has 2 aromatic rings. The van der Waals surface area contributed by atoms with Gasteiger partial charge in [0.2, 0.25) is 5.91 Å². The van der Waals surface area contributed by atoms with Crippen LogP contribution in [0.5, 0.6) is 0 Å². The van der Waals surface area contributed by atoms with Gasteiger partial charge in [0.1, 0.15) is 17.2 Å². The molecular weight excluding hydrogens is 300 g/mol. The van der Waals surface area contributed by atoms with Gasteiger partial charge < -0.3 is 10.2 Å². The molecule has 118 valence electrons. The zero-order chi connectivity index (χ0) is 15.5. The first-order chi connectivity index (χ1) is 10.6. The van der Waals surface area contributed by atoms with Gasteiger partial charge in [-0.05, 0) is 6.42 Å². The van der Waals surface area contributed by atoms with E-state index in [0.717, 1.165) is 42.5 Å². The van der Waals surface area contributed by atoms with E-state index in [1.54, 1.807) is 36.7 Å². The summed E-state index contributed by atoms with van der Waals surface area (Å²) in [6.07, 6.45) is 4.02. The number of fused-ring (bicyclic) bond motifs is 1. The normalized spacial score (nSPS) is 17.3. The Hall–Kier alpha value is -1.80. The molecule has 22 heavy (non-hydrogen) atoms. The number of amides is 1. The van der Waals surface area contributed by atoms with E-state index in [9.17, 15) is 4.79 Å². The minimum absolute atomic E-state index is 0.0832. The lowest BCUT2D eigenvalue weighted by atomic mass is 10.1. The van der Waals surface area contributed by atoms with Crippen LogP contribution in [0.4, 0.5) is 0 Å². The molecule has 0 aromatic carbocycles. The average Bonchev–Trinajstić information content (AvgIpc) is 3.13. The van der Waals surface area contributed by atoms with E-state index in [-0.39, 0.29) is 5.91 Å². The van der Waals surface area contributed by atoms with Crippen molar-refractivity contribution in [3.8, 4) is 0 Å². The van der Waals surface area contributed by atoms with E-state index < -0.39 is 0 Å². The summed E-state index contributed by atoms with van der Waals surface area (Å²) in [5.74, 6) is 1.15. The van der Waals surface area contributed by atoms with Gasteiger partial charge in [-0.1, -0.05) is 0 Å². The first-order valence-electron chi connectivity index (χ1n) is 7.35. The van der Waals surface area contributed by atoms with Crippen molar-refractivity contribution in [2.24, 2.45) is 0 Å². The molecule has 0 unspecified atom stereocenters. The summed E-state index contributed by atoms with van der Waals surface area (Å²) in [6.45, 7) is 1.58. The van der Waals surface area contributed by atoms with Crippen LogP contribution >= 0.6 is 11.3 Å². The van der Waals surface area contributed by atoms with Crippen LogP contribution in [0.15, 0.2) is 11.7 Å². The number of carbonyl (C=O) groups excluding carboxylic acids is 1. The molecule has 0 spiro atoms. The first-order valence-corrected chi connectivity index (χ1v) is 8.23. The van der Waals surface area contributed by atoms with Crippen LogP contribution in [-0.4, -0.2) is 50.7 Å². The number of aromatic nitrogens is 4. The number of hydrogen-bond donors (Lipinski definition) is 1. The molecule has 1 aliphatic heterocycles. The summed E-state index contributed by atoms with van der Waals surface area (Å²) in [7, 11) is 3.53. The molecule has 1 N–H and O–H groups in total. The Balaban J connectivity index is 1.50. The van der Waals surface area contributed by atoms with Crippen molar-refractivity contribution < 1.29 is 4.79 Å². The van der Waals surface area contributed by atoms with E-state index in [1.165, 1.54) is 0 Å². The molecule has 1 aliphatic rings. The van der Waals surface area contributed by atoms with Crippen molar-refractivity contribution in [3.05, 3.63) is 28.2 Å². The van der Waals surface area contributed by atoms with Gasteiger partial charge in [-0.25, -0.2) is 14.6 Å². The van der Waals surface area contributed by atoms with E-state index in [0.29, 0.717) is 12.5 Å². The number of hydrogen-bond acceptors (Lipinski definition) is 6. The number of nitrogens with zero attached hydrogens (tertiary/aromatic N) is 5. The SMILES string of the molecule is CN(C)C(=O)Cc1nc(CN[C@H]2CCc3ncnn3C2)cs1. The maximum absolute atomic E-state index is 11.7. The van der Waals surface area contributed by atoms with Crippen LogP contribution in [0.1, 0.15) is 22.9 Å². The van der Waals surface area contributed by atoms with Gasteiger partial charge >= 0.3 is 0 Å². The summed E-state index contributed by atoms with van der Waals surface area (Å²) in [5, 5.41) is 10.6. The van der Waals surface area contributed by atoms with Crippen LogP contribution < -0.4 is 5.32 Å². The van der Waals surface area contributed by atoms with Gasteiger partial charge in [0, 0.05) is 38.5 Å². The van der Waals surface area contributed by atoms with Gasteiger partial charge in [-0.2, -0.15) is 5.10 Å². The Morgan fingerprint density at radius 2 is 2.41 bits per heavy atom. The zero-order valence-electron chi connectivity index (χ0n) is 12.8. The van der Waals surface area contributed by atoms with Crippen molar-refractivity contribution in [1.29, 1.82) is 0 Å². The Labute approximate surface area is 133 Å². The number of aryl methyl sites for hydroxylation is 1. The highest BCUT2D eigenvalue weighted by molar-refractivity contribution is 7.09. The lowest BCUT2D eigenvalue weighted by molar-refractivity contribution is -0.127. The van der Waals surface area contributed by atoms with Gasteiger partial charge in [-0.15, -0.1) is 11.3 Å². The third-order valence-electron chi connectivity index (χ3n) is 3.78. The minimum atomic E-state index is 0.0832. The quantitative estimate of drug-likeness (QED) is 0.867. The van der Waals surface area contributed by atoms with Crippen molar-refractivity contribution in [1.82, 2.24) is 30.0 Å². The van der Waals surface area contributed by atoms with Crippen LogP contribution in [0.2, 0.25) is 0 Å². The van der Waals surface area contributed by atoms with Crippen molar-refractivity contribution in [2.45, 2.75) is 38.4 Å². The zero-order valence-corrected chi connectivity index (χ0v) is 13.6. The average molecular weight is 320 g/mol. The third-order valence-corrected chi connectivity index (χ3v) is 4.68. The van der Waals surface area contributed by atoms with Crippen LogP contribution in [0.3, 0.4) is 0 Å². The Bertz CT molecular complexity index is 649. The molecule has 0 fully saturated rings. The molecule has 1 atom stereocenters. The summed E-state index contributed by atoms with van der Waals surface area (Å²) in [4.78, 5) is 22.0. The molecule has 2 aromatic heterocycles. The fourth-order valence-corrected chi connectivity index (χ4v) is 3.24. The summed E-state index contributed by atoms with van der Waals surface area (Å²) < 4.78 is 1.96. The van der Waals surface area contributed by atoms with Crippen LogP contribution in [0, 0.1) is 0 Å². The Morgan fingerprint density at radius 1 is 1.55 bits per heavy atom. The molecule has 7 nitrogen and oxygen atoms in total. The molecule has 0 bridgehead atoms. The predicted octanol–water partition coefficient (Wildman–Crippen LogP) is 0.470. The maximum Gasteiger partial charge on any atom is 0.228 e. The lowest BCUT2D eigenvalue weighted by Gasteiger charge is -2.23. The van der Waals surface area contributed by atoms with Gasteiger partial charge in [0.05, 0.1) is 18.7 Å². The third kappa shape index (κ3) is 3.50. The summed E-state index contributed by atoms with van der Waals surface area (Å²) in [5.41, 5.74) is 0.996. The number of likely N-dealkylation sites (N-methyl/N-ethyl adjacent to an activating group) is 1. The molecule has 0 saturated heterocycles. The van der Waals surface area contributed by atoms with Gasteiger partial charge in [0.15, 0.2) is 0 Å². The molecule has 8 heteroatoms. The minimum Gasteiger partial charge on any atom is -0.348 e. The van der Waals surface area contributed by atoms with Crippen molar-refractivity contribution in [3.63, 3.8) is 0 Å². The maximum atomic E-state index is 11.7. The van der Waals surface area contributed by atoms with Gasteiger partial charge in [-0.3, -0.25) is 4.79 Å². The number of carbonyl (C=O) groups is 1. The van der Waals surface area contributed by atoms with Crippen molar-refractivity contribution >= 4 is 17.2 Å². The fourth-order valence-electron chi connectivity index (χ4n) is 2.45. The highest BCUT2D eigenvalue weighted by Crippen LogP contribution is 2.14. The monoisotopic (exact) mass is 320 g/mol. The first kappa shape index (κ1) is 15.1. The second-order valence-electron chi connectivity index (χ2n) is 5.67. The molecular formula is C14H20N6OS. The molecule has 3 heterocycles. The topological polar surface area (TPSA) is 75.9 Å². The largest absolute Gasteiger partial charge is 0.348 e. The van der Waals surface area contributed by atoms with E-state index in [4.69, 9.17) is 0 Å². The van der Waals surface area contributed by atoms with Crippen molar-refractivity contribution in [2.75, 3.05) is 14.1 Å². The van der Waals surface area contributed by atoms with E-state index in [2.05, 4.69) is 20.4 Å². The second kappa shape index (κ2) is 6.53. The van der Waals surface area contributed by atoms with Crippen LogP contribution in [-0.2, 0) is 30.7 Å². The number of nitrogens with one attached hydrogen (secondary N) is 1. The second-order valence-corrected chi connectivity index (χ2v) is 6.62. The predicted molar refractivity (Wildman–Crippen MR) is 83.5 cm³/mol. The summed E-state index contributed by atoms with van der Waals surface area (Å²) in [6, 6.07) is 0.391. The van der Waals surface area contributed by atoms with Crippen LogP contribution in [0.25, 0.3) is 0 Å². The highest BCUT2D eigenvalue weighted by Gasteiger charge is 2.19. The summed E-state index contributed by atoms with van der Waals surface area (Å²) >= 11 is 1.55. The van der Waals surface area contributed by atoms with E-state index in [1.807, 2.05) is 10.1 Å². The highest BCUT2D eigenvalue weighted by atomic mass is 32.1.